The molecule has 1 aliphatic rings. The Balaban J connectivity index is 2.46. The van der Waals surface area contributed by atoms with E-state index in [9.17, 15) is 14.4 Å². The molecule has 0 aliphatic heterocycles. The molecule has 0 bridgehead atoms. The predicted octanol–water partition coefficient (Wildman–Crippen LogP) is 0.839. The molecule has 0 aromatic carbocycles. The van der Waals surface area contributed by atoms with Crippen LogP contribution in [0.1, 0.15) is 39.5 Å². The molecule has 1 N–H and O–H groups in total. The minimum atomic E-state index is -0.538. The third kappa shape index (κ3) is 3.46. The maximum absolute atomic E-state index is 11.2. The molecule has 1 rings (SSSR count). The van der Waals surface area contributed by atoms with Crippen LogP contribution in [0.3, 0.4) is 0 Å². The van der Waals surface area contributed by atoms with Gasteiger partial charge in [0, 0.05) is 18.9 Å². The Morgan fingerprint density at radius 1 is 1.13 bits per heavy atom. The molecule has 0 aromatic heterocycles. The van der Waals surface area contributed by atoms with E-state index in [-0.39, 0.29) is 17.7 Å². The zero-order valence-corrected chi connectivity index (χ0v) is 9.21. The van der Waals surface area contributed by atoms with Gasteiger partial charge in [-0.05, 0) is 26.2 Å². The summed E-state index contributed by atoms with van der Waals surface area (Å²) in [5.41, 5.74) is 0. The number of amides is 1. The molecule has 0 radical (unpaired) electrons. The monoisotopic (exact) mass is 211 g/mol. The third-order valence-electron chi connectivity index (χ3n) is 2.90. The van der Waals surface area contributed by atoms with E-state index in [1.165, 1.54) is 6.92 Å². The summed E-state index contributed by atoms with van der Waals surface area (Å²) >= 11 is 0. The second-order valence-electron chi connectivity index (χ2n) is 4.20. The van der Waals surface area contributed by atoms with Crippen LogP contribution in [0.2, 0.25) is 0 Å². The number of hydrogen-bond donors (Lipinski definition) is 1. The summed E-state index contributed by atoms with van der Waals surface area (Å²) in [6, 6.07) is -0.0101. The van der Waals surface area contributed by atoms with Gasteiger partial charge in [-0.2, -0.15) is 0 Å². The molecular weight excluding hydrogens is 194 g/mol. The molecule has 2 unspecified atom stereocenters. The van der Waals surface area contributed by atoms with Crippen LogP contribution in [-0.4, -0.2) is 23.5 Å². The number of carbonyl (C=O) groups excluding carboxylic acids is 3. The average molecular weight is 211 g/mol. The van der Waals surface area contributed by atoms with Gasteiger partial charge in [-0.25, -0.2) is 0 Å². The molecule has 4 heteroatoms. The number of hydrogen-bond acceptors (Lipinski definition) is 3. The summed E-state index contributed by atoms with van der Waals surface area (Å²) in [7, 11) is 0. The Morgan fingerprint density at radius 3 is 2.33 bits per heavy atom. The van der Waals surface area contributed by atoms with Crippen LogP contribution >= 0.6 is 0 Å². The SMILES string of the molecule is CC(=O)C(=O)NC1CCCC(C(C)=O)C1. The van der Waals surface area contributed by atoms with Gasteiger partial charge in [-0.3, -0.25) is 14.4 Å². The van der Waals surface area contributed by atoms with Gasteiger partial charge >= 0.3 is 0 Å². The maximum atomic E-state index is 11.2. The van der Waals surface area contributed by atoms with E-state index >= 15 is 0 Å². The predicted molar refractivity (Wildman–Crippen MR) is 55.3 cm³/mol. The van der Waals surface area contributed by atoms with Crippen molar-refractivity contribution in [2.45, 2.75) is 45.6 Å². The van der Waals surface area contributed by atoms with E-state index in [2.05, 4.69) is 5.32 Å². The highest BCUT2D eigenvalue weighted by Gasteiger charge is 2.26. The smallest absolute Gasteiger partial charge is 0.287 e. The standard InChI is InChI=1S/C11H17NO3/c1-7(13)9-4-3-5-10(6-9)12-11(15)8(2)14/h9-10H,3-6H2,1-2H3,(H,12,15). The van der Waals surface area contributed by atoms with Crippen molar-refractivity contribution in [3.8, 4) is 0 Å². The van der Waals surface area contributed by atoms with Crippen LogP contribution in [0.5, 0.6) is 0 Å². The van der Waals surface area contributed by atoms with Crippen molar-refractivity contribution < 1.29 is 14.4 Å². The summed E-state index contributed by atoms with van der Waals surface area (Å²) < 4.78 is 0. The quantitative estimate of drug-likeness (QED) is 0.703. The van der Waals surface area contributed by atoms with Crippen LogP contribution < -0.4 is 5.32 Å². The van der Waals surface area contributed by atoms with Crippen molar-refractivity contribution in [1.82, 2.24) is 5.32 Å². The fraction of sp³-hybridized carbons (Fsp3) is 0.727. The summed E-state index contributed by atoms with van der Waals surface area (Å²) in [6.07, 6.45) is 3.38. The van der Waals surface area contributed by atoms with E-state index in [1.54, 1.807) is 6.92 Å². The molecule has 15 heavy (non-hydrogen) atoms. The molecule has 0 saturated heterocycles. The largest absolute Gasteiger partial charge is 0.347 e. The summed E-state index contributed by atoms with van der Waals surface area (Å²) in [5, 5.41) is 2.66. The van der Waals surface area contributed by atoms with Crippen molar-refractivity contribution in [3.63, 3.8) is 0 Å². The van der Waals surface area contributed by atoms with Gasteiger partial charge in [0.15, 0.2) is 0 Å². The fourth-order valence-electron chi connectivity index (χ4n) is 1.98. The second-order valence-corrected chi connectivity index (χ2v) is 4.20. The highest BCUT2D eigenvalue weighted by molar-refractivity contribution is 6.35. The lowest BCUT2D eigenvalue weighted by Crippen LogP contribution is -2.42. The van der Waals surface area contributed by atoms with Gasteiger partial charge in [-0.15, -0.1) is 0 Å². The average Bonchev–Trinajstić information content (AvgIpc) is 2.18. The number of nitrogens with one attached hydrogen (secondary N) is 1. The first-order chi connectivity index (χ1) is 7.00. The highest BCUT2D eigenvalue weighted by Crippen LogP contribution is 2.24. The van der Waals surface area contributed by atoms with Crippen LogP contribution in [-0.2, 0) is 14.4 Å². The number of ketones is 2. The number of Topliss-reactive ketones (excluding diaryl/α,β-unsaturated/α-hetero) is 2. The van der Waals surface area contributed by atoms with Crippen molar-refractivity contribution in [1.29, 1.82) is 0 Å². The minimum Gasteiger partial charge on any atom is -0.347 e. The first kappa shape index (κ1) is 11.9. The van der Waals surface area contributed by atoms with E-state index in [0.717, 1.165) is 19.3 Å². The van der Waals surface area contributed by atoms with Gasteiger partial charge in [0.1, 0.15) is 5.78 Å². The van der Waals surface area contributed by atoms with Gasteiger partial charge in [-0.1, -0.05) is 6.42 Å². The van der Waals surface area contributed by atoms with Gasteiger partial charge in [0.2, 0.25) is 5.78 Å². The topological polar surface area (TPSA) is 63.2 Å². The Bertz CT molecular complexity index is 286. The molecule has 1 aliphatic carbocycles. The molecule has 84 valence electrons. The van der Waals surface area contributed by atoms with Crippen LogP contribution in [0, 0.1) is 5.92 Å². The molecule has 1 fully saturated rings. The van der Waals surface area contributed by atoms with E-state index in [4.69, 9.17) is 0 Å². The van der Waals surface area contributed by atoms with Crippen LogP contribution in [0.4, 0.5) is 0 Å². The first-order valence-corrected chi connectivity index (χ1v) is 5.32. The van der Waals surface area contributed by atoms with Crippen LogP contribution in [0.25, 0.3) is 0 Å². The number of carbonyl (C=O) groups is 3. The lowest BCUT2D eigenvalue weighted by molar-refractivity contribution is -0.137. The van der Waals surface area contributed by atoms with Gasteiger partial charge in [0.25, 0.3) is 5.91 Å². The lowest BCUT2D eigenvalue weighted by Gasteiger charge is -2.27. The summed E-state index contributed by atoms with van der Waals surface area (Å²) in [5.74, 6) is -0.781. The Morgan fingerprint density at radius 2 is 1.80 bits per heavy atom. The Labute approximate surface area is 89.4 Å². The molecule has 0 spiro atoms. The maximum Gasteiger partial charge on any atom is 0.287 e. The summed E-state index contributed by atoms with van der Waals surface area (Å²) in [4.78, 5) is 33.1. The van der Waals surface area contributed by atoms with Crippen molar-refractivity contribution in [2.24, 2.45) is 5.92 Å². The van der Waals surface area contributed by atoms with Gasteiger partial charge < -0.3 is 5.32 Å². The molecule has 4 nitrogen and oxygen atoms in total. The van der Waals surface area contributed by atoms with Crippen LogP contribution in [0.15, 0.2) is 0 Å². The Kier molecular flexibility index (Phi) is 4.00. The Hall–Kier alpha value is -1.19. The van der Waals surface area contributed by atoms with Crippen molar-refractivity contribution in [3.05, 3.63) is 0 Å². The third-order valence-corrected chi connectivity index (χ3v) is 2.90. The van der Waals surface area contributed by atoms with Crippen molar-refractivity contribution >= 4 is 17.5 Å². The van der Waals surface area contributed by atoms with Crippen molar-refractivity contribution in [2.75, 3.05) is 0 Å². The fourth-order valence-corrected chi connectivity index (χ4v) is 1.98. The number of rotatable bonds is 3. The zero-order chi connectivity index (χ0) is 11.4. The minimum absolute atomic E-state index is 0.0101. The van der Waals surface area contributed by atoms with Gasteiger partial charge in [0.05, 0.1) is 0 Å². The molecule has 0 aromatic rings. The molecule has 2 atom stereocenters. The molecule has 1 amide bonds. The van der Waals surface area contributed by atoms with E-state index in [1.807, 2.05) is 0 Å². The zero-order valence-electron chi connectivity index (χ0n) is 9.21. The highest BCUT2D eigenvalue weighted by atomic mass is 16.2. The molecular formula is C11H17NO3. The molecule has 0 heterocycles. The summed E-state index contributed by atoms with van der Waals surface area (Å²) in [6.45, 7) is 2.83. The molecule has 1 saturated carbocycles. The van der Waals surface area contributed by atoms with E-state index < -0.39 is 11.7 Å². The lowest BCUT2D eigenvalue weighted by atomic mass is 9.83. The normalized spacial score (nSPS) is 25.7. The van der Waals surface area contributed by atoms with E-state index in [0.29, 0.717) is 6.42 Å². The second kappa shape index (κ2) is 5.05. The first-order valence-electron chi connectivity index (χ1n) is 5.32.